The lowest BCUT2D eigenvalue weighted by Gasteiger charge is -2.10. The third-order valence-corrected chi connectivity index (χ3v) is 2.39. The average Bonchev–Trinajstić information content (AvgIpc) is 2.39. The van der Waals surface area contributed by atoms with Crippen LogP contribution in [0.2, 0.25) is 0 Å². The number of ether oxygens (including phenoxy) is 1. The lowest BCUT2D eigenvalue weighted by molar-refractivity contribution is 0.0955. The van der Waals surface area contributed by atoms with Crippen LogP contribution in [0.3, 0.4) is 0 Å². The fourth-order valence-electron chi connectivity index (χ4n) is 1.52. The van der Waals surface area contributed by atoms with E-state index in [1.165, 1.54) is 0 Å². The maximum Gasteiger partial charge on any atom is 0.127 e. The molecule has 17 heavy (non-hydrogen) atoms. The van der Waals surface area contributed by atoms with Crippen LogP contribution in [-0.4, -0.2) is 16.8 Å². The lowest BCUT2D eigenvalue weighted by atomic mass is 10.1. The molecule has 0 saturated carbocycles. The van der Waals surface area contributed by atoms with Gasteiger partial charge in [-0.25, -0.2) is 0 Å². The van der Waals surface area contributed by atoms with Crippen molar-refractivity contribution in [3.05, 3.63) is 60.2 Å². The molecule has 0 aliphatic heterocycles. The van der Waals surface area contributed by atoms with Gasteiger partial charge in [0.1, 0.15) is 17.6 Å². The van der Waals surface area contributed by atoms with Crippen LogP contribution in [0.5, 0.6) is 11.5 Å². The summed E-state index contributed by atoms with van der Waals surface area (Å²) in [5, 5.41) is 18.4. The van der Waals surface area contributed by atoms with E-state index < -0.39 is 6.10 Å². The molecule has 3 nitrogen and oxygen atoms in total. The second-order valence-electron chi connectivity index (χ2n) is 3.69. The monoisotopic (exact) mass is 230 g/mol. The highest BCUT2D eigenvalue weighted by Crippen LogP contribution is 2.24. The summed E-state index contributed by atoms with van der Waals surface area (Å²) in [6.07, 6.45) is -0.866. The number of benzene rings is 2. The van der Waals surface area contributed by atoms with Crippen molar-refractivity contribution in [2.24, 2.45) is 0 Å². The Hall–Kier alpha value is -1.84. The molecule has 3 heteroatoms. The van der Waals surface area contributed by atoms with Crippen molar-refractivity contribution < 1.29 is 14.9 Å². The van der Waals surface area contributed by atoms with Gasteiger partial charge in [0, 0.05) is 0 Å². The van der Waals surface area contributed by atoms with E-state index in [0.717, 1.165) is 5.75 Å². The summed E-state index contributed by atoms with van der Waals surface area (Å²) < 4.78 is 5.62. The number of hydrogen-bond acceptors (Lipinski definition) is 3. The van der Waals surface area contributed by atoms with Crippen LogP contribution in [0.4, 0.5) is 0 Å². The highest BCUT2D eigenvalue weighted by atomic mass is 16.5. The third-order valence-electron chi connectivity index (χ3n) is 2.39. The minimum atomic E-state index is -0.866. The molecule has 88 valence electrons. The molecule has 0 aromatic heterocycles. The molecule has 0 saturated heterocycles. The number of aliphatic hydroxyl groups is 2. The van der Waals surface area contributed by atoms with Gasteiger partial charge in [-0.3, -0.25) is 0 Å². The van der Waals surface area contributed by atoms with Crippen LogP contribution in [-0.2, 0) is 0 Å². The SMILES string of the molecule is OCC(O)c1cccc(Oc2ccccc2)c1. The fourth-order valence-corrected chi connectivity index (χ4v) is 1.52. The summed E-state index contributed by atoms with van der Waals surface area (Å²) >= 11 is 0. The van der Waals surface area contributed by atoms with Gasteiger partial charge >= 0.3 is 0 Å². The first kappa shape index (κ1) is 11.6. The molecular weight excluding hydrogens is 216 g/mol. The van der Waals surface area contributed by atoms with Crippen molar-refractivity contribution in [1.82, 2.24) is 0 Å². The molecule has 0 aliphatic rings. The Bertz CT molecular complexity index is 468. The molecule has 0 radical (unpaired) electrons. The highest BCUT2D eigenvalue weighted by Gasteiger charge is 2.06. The van der Waals surface area contributed by atoms with Gasteiger partial charge in [-0.05, 0) is 29.8 Å². The number of rotatable bonds is 4. The first-order valence-electron chi connectivity index (χ1n) is 5.41. The Morgan fingerprint density at radius 1 is 0.941 bits per heavy atom. The van der Waals surface area contributed by atoms with E-state index in [9.17, 15) is 5.11 Å². The van der Waals surface area contributed by atoms with Crippen LogP contribution in [0.15, 0.2) is 54.6 Å². The molecule has 2 aromatic carbocycles. The second-order valence-corrected chi connectivity index (χ2v) is 3.69. The van der Waals surface area contributed by atoms with Crippen molar-refractivity contribution in [2.75, 3.05) is 6.61 Å². The second kappa shape index (κ2) is 5.48. The topological polar surface area (TPSA) is 49.7 Å². The smallest absolute Gasteiger partial charge is 0.127 e. The minimum Gasteiger partial charge on any atom is -0.457 e. The van der Waals surface area contributed by atoms with E-state index in [1.54, 1.807) is 24.3 Å². The Kier molecular flexibility index (Phi) is 3.75. The van der Waals surface area contributed by atoms with E-state index in [0.29, 0.717) is 11.3 Å². The zero-order chi connectivity index (χ0) is 12.1. The molecule has 2 N–H and O–H groups in total. The van der Waals surface area contributed by atoms with Crippen LogP contribution < -0.4 is 4.74 Å². The summed E-state index contributed by atoms with van der Waals surface area (Å²) in [6, 6.07) is 16.5. The number of hydrogen-bond donors (Lipinski definition) is 2. The Balaban J connectivity index is 2.17. The molecule has 0 amide bonds. The predicted molar refractivity (Wildman–Crippen MR) is 65.0 cm³/mol. The molecule has 2 aromatic rings. The summed E-state index contributed by atoms with van der Waals surface area (Å²) in [5.74, 6) is 1.38. The number of aliphatic hydroxyl groups excluding tert-OH is 2. The van der Waals surface area contributed by atoms with E-state index in [-0.39, 0.29) is 6.61 Å². The van der Waals surface area contributed by atoms with Crippen LogP contribution in [0.25, 0.3) is 0 Å². The largest absolute Gasteiger partial charge is 0.457 e. The van der Waals surface area contributed by atoms with Crippen molar-refractivity contribution in [1.29, 1.82) is 0 Å². The summed E-state index contributed by atoms with van der Waals surface area (Å²) in [7, 11) is 0. The first-order valence-corrected chi connectivity index (χ1v) is 5.41. The van der Waals surface area contributed by atoms with Gasteiger partial charge in [0.2, 0.25) is 0 Å². The molecule has 0 aliphatic carbocycles. The van der Waals surface area contributed by atoms with Gasteiger partial charge in [0.15, 0.2) is 0 Å². The lowest BCUT2D eigenvalue weighted by Crippen LogP contribution is -2.02. The third kappa shape index (κ3) is 3.06. The summed E-state index contributed by atoms with van der Waals surface area (Å²) in [4.78, 5) is 0. The number of para-hydroxylation sites is 1. The van der Waals surface area contributed by atoms with E-state index in [4.69, 9.17) is 9.84 Å². The minimum absolute atomic E-state index is 0.297. The van der Waals surface area contributed by atoms with Gasteiger partial charge < -0.3 is 14.9 Å². The van der Waals surface area contributed by atoms with E-state index in [1.807, 2.05) is 30.3 Å². The van der Waals surface area contributed by atoms with Crippen molar-refractivity contribution in [3.8, 4) is 11.5 Å². The Morgan fingerprint density at radius 2 is 1.65 bits per heavy atom. The Labute approximate surface area is 99.9 Å². The highest BCUT2D eigenvalue weighted by molar-refractivity contribution is 5.34. The molecule has 2 rings (SSSR count). The molecule has 0 fully saturated rings. The molecular formula is C14H14O3. The zero-order valence-electron chi connectivity index (χ0n) is 9.28. The molecule has 1 atom stereocenters. The predicted octanol–water partition coefficient (Wildman–Crippen LogP) is 2.50. The summed E-state index contributed by atoms with van der Waals surface area (Å²) in [6.45, 7) is -0.297. The molecule has 0 bridgehead atoms. The molecule has 1 unspecified atom stereocenters. The molecule has 0 spiro atoms. The van der Waals surface area contributed by atoms with Gasteiger partial charge in [0.25, 0.3) is 0 Å². The Morgan fingerprint density at radius 3 is 2.35 bits per heavy atom. The van der Waals surface area contributed by atoms with Gasteiger partial charge in [-0.1, -0.05) is 30.3 Å². The summed E-state index contributed by atoms with van der Waals surface area (Å²) in [5.41, 5.74) is 0.640. The first-order chi connectivity index (χ1) is 8.29. The van der Waals surface area contributed by atoms with Crippen LogP contribution in [0.1, 0.15) is 11.7 Å². The zero-order valence-corrected chi connectivity index (χ0v) is 9.28. The van der Waals surface area contributed by atoms with Crippen molar-refractivity contribution in [3.63, 3.8) is 0 Å². The maximum atomic E-state index is 9.51. The average molecular weight is 230 g/mol. The normalized spacial score (nSPS) is 12.1. The standard InChI is InChI=1S/C14H14O3/c15-10-14(16)11-5-4-8-13(9-11)17-12-6-2-1-3-7-12/h1-9,14-16H,10H2. The van der Waals surface area contributed by atoms with Crippen LogP contribution >= 0.6 is 0 Å². The van der Waals surface area contributed by atoms with E-state index in [2.05, 4.69) is 0 Å². The van der Waals surface area contributed by atoms with Gasteiger partial charge in [-0.15, -0.1) is 0 Å². The maximum absolute atomic E-state index is 9.51. The van der Waals surface area contributed by atoms with Gasteiger partial charge in [-0.2, -0.15) is 0 Å². The van der Waals surface area contributed by atoms with E-state index >= 15 is 0 Å². The van der Waals surface area contributed by atoms with Crippen molar-refractivity contribution in [2.45, 2.75) is 6.10 Å². The van der Waals surface area contributed by atoms with Crippen LogP contribution in [0, 0.1) is 0 Å². The van der Waals surface area contributed by atoms with Gasteiger partial charge in [0.05, 0.1) is 6.61 Å². The molecule has 0 heterocycles. The quantitative estimate of drug-likeness (QED) is 0.848. The van der Waals surface area contributed by atoms with Crippen molar-refractivity contribution >= 4 is 0 Å². The fraction of sp³-hybridized carbons (Fsp3) is 0.143.